The lowest BCUT2D eigenvalue weighted by Gasteiger charge is -2.25. The number of hydrogen-bond donors (Lipinski definition) is 2. The molecule has 0 aliphatic rings. The number of aliphatic hydroxyl groups is 1. The van der Waals surface area contributed by atoms with Gasteiger partial charge in [-0.1, -0.05) is 43.7 Å². The predicted octanol–water partition coefficient (Wildman–Crippen LogP) is 3.73. The zero-order valence-corrected chi connectivity index (χ0v) is 16.4. The van der Waals surface area contributed by atoms with Crippen LogP contribution in [-0.2, 0) is 6.54 Å². The van der Waals surface area contributed by atoms with Crippen molar-refractivity contribution in [3.05, 3.63) is 52.1 Å². The molecule has 0 aliphatic heterocycles. The first-order valence-electron chi connectivity index (χ1n) is 9.73. The van der Waals surface area contributed by atoms with Crippen LogP contribution in [0.3, 0.4) is 0 Å². The SMILES string of the molecule is CCCCN(Cc1ccccc1)c1cc(NCCCO)c([N+](=O)[O-])c2nonc12. The molecule has 1 heterocycles. The molecule has 0 amide bonds. The van der Waals surface area contributed by atoms with Crippen molar-refractivity contribution in [1.29, 1.82) is 0 Å². The fourth-order valence-electron chi connectivity index (χ4n) is 3.21. The third-order valence-corrected chi connectivity index (χ3v) is 4.66. The highest BCUT2D eigenvalue weighted by Crippen LogP contribution is 2.39. The molecule has 9 heteroatoms. The maximum Gasteiger partial charge on any atom is 0.323 e. The van der Waals surface area contributed by atoms with Gasteiger partial charge in [-0.2, -0.15) is 0 Å². The highest BCUT2D eigenvalue weighted by Gasteiger charge is 2.27. The Morgan fingerprint density at radius 1 is 1.21 bits per heavy atom. The van der Waals surface area contributed by atoms with E-state index in [9.17, 15) is 10.1 Å². The highest BCUT2D eigenvalue weighted by molar-refractivity contribution is 5.99. The monoisotopic (exact) mass is 399 g/mol. The largest absolute Gasteiger partial charge is 0.396 e. The maximum absolute atomic E-state index is 11.7. The number of benzene rings is 2. The van der Waals surface area contributed by atoms with Crippen LogP contribution in [0.4, 0.5) is 17.1 Å². The van der Waals surface area contributed by atoms with Crippen molar-refractivity contribution in [1.82, 2.24) is 10.3 Å². The third kappa shape index (κ3) is 4.80. The average Bonchev–Trinajstić information content (AvgIpc) is 3.20. The van der Waals surface area contributed by atoms with E-state index in [-0.39, 0.29) is 17.8 Å². The first-order valence-corrected chi connectivity index (χ1v) is 9.73. The molecule has 9 nitrogen and oxygen atoms in total. The molecule has 3 rings (SSSR count). The van der Waals surface area contributed by atoms with E-state index in [0.29, 0.717) is 30.7 Å². The summed E-state index contributed by atoms with van der Waals surface area (Å²) in [6, 6.07) is 11.8. The summed E-state index contributed by atoms with van der Waals surface area (Å²) in [7, 11) is 0. The number of nitro benzene ring substituents is 1. The lowest BCUT2D eigenvalue weighted by Crippen LogP contribution is -2.24. The minimum absolute atomic E-state index is 0.00194. The minimum Gasteiger partial charge on any atom is -0.396 e. The third-order valence-electron chi connectivity index (χ3n) is 4.66. The standard InChI is InChI=1S/C20H25N5O4/c1-2-3-11-24(14-15-8-5-4-6-9-15)17-13-16(21-10-7-12-26)20(25(27)28)19-18(17)22-29-23-19/h4-6,8-9,13,21,26H,2-3,7,10-12,14H2,1H3. The van der Waals surface area contributed by atoms with E-state index in [0.717, 1.165) is 30.6 Å². The summed E-state index contributed by atoms with van der Waals surface area (Å²) >= 11 is 0. The summed E-state index contributed by atoms with van der Waals surface area (Å²) in [4.78, 5) is 13.4. The minimum atomic E-state index is -0.481. The van der Waals surface area contributed by atoms with E-state index in [2.05, 4.69) is 27.5 Å². The number of aliphatic hydroxyl groups excluding tert-OH is 1. The summed E-state index contributed by atoms with van der Waals surface area (Å²) < 4.78 is 4.88. The van der Waals surface area contributed by atoms with Gasteiger partial charge in [0.15, 0.2) is 5.52 Å². The fourth-order valence-corrected chi connectivity index (χ4v) is 3.21. The van der Waals surface area contributed by atoms with E-state index in [1.165, 1.54) is 0 Å². The van der Waals surface area contributed by atoms with E-state index < -0.39 is 4.92 Å². The summed E-state index contributed by atoms with van der Waals surface area (Å²) in [6.07, 6.45) is 2.45. The van der Waals surface area contributed by atoms with Crippen LogP contribution in [0.5, 0.6) is 0 Å². The Balaban J connectivity index is 2.07. The van der Waals surface area contributed by atoms with Crippen molar-refractivity contribution in [3.63, 3.8) is 0 Å². The molecule has 0 unspecified atom stereocenters. The van der Waals surface area contributed by atoms with Gasteiger partial charge in [0.25, 0.3) is 0 Å². The number of unbranched alkanes of at least 4 members (excludes halogenated alkanes) is 1. The highest BCUT2D eigenvalue weighted by atomic mass is 16.6. The molecule has 154 valence electrons. The van der Waals surface area contributed by atoms with Gasteiger partial charge in [-0.05, 0) is 34.8 Å². The summed E-state index contributed by atoms with van der Waals surface area (Å²) in [6.45, 7) is 3.92. The molecule has 0 bridgehead atoms. The van der Waals surface area contributed by atoms with Gasteiger partial charge < -0.3 is 15.3 Å². The maximum atomic E-state index is 11.7. The Bertz CT molecular complexity index is 945. The van der Waals surface area contributed by atoms with Gasteiger partial charge in [0.2, 0.25) is 5.52 Å². The van der Waals surface area contributed by atoms with Gasteiger partial charge in [-0.25, -0.2) is 4.63 Å². The molecule has 0 aliphatic carbocycles. The average molecular weight is 399 g/mol. The Kier molecular flexibility index (Phi) is 6.96. The Labute approximate surface area is 168 Å². The molecule has 0 spiro atoms. The van der Waals surface area contributed by atoms with E-state index in [1.807, 2.05) is 30.3 Å². The molecule has 0 atom stereocenters. The molecule has 3 aromatic rings. The number of rotatable bonds is 11. The number of hydrogen-bond acceptors (Lipinski definition) is 8. The number of aromatic nitrogens is 2. The number of nitrogens with one attached hydrogen (secondary N) is 1. The number of nitrogens with zero attached hydrogens (tertiary/aromatic N) is 4. The van der Waals surface area contributed by atoms with Gasteiger partial charge in [-0.15, -0.1) is 0 Å². The lowest BCUT2D eigenvalue weighted by atomic mass is 10.1. The zero-order valence-electron chi connectivity index (χ0n) is 16.4. The first-order chi connectivity index (χ1) is 14.2. The second-order valence-corrected chi connectivity index (χ2v) is 6.78. The van der Waals surface area contributed by atoms with Crippen LogP contribution in [0.1, 0.15) is 31.7 Å². The van der Waals surface area contributed by atoms with Gasteiger partial charge in [0.1, 0.15) is 5.69 Å². The van der Waals surface area contributed by atoms with Crippen molar-refractivity contribution in [2.24, 2.45) is 0 Å². The zero-order chi connectivity index (χ0) is 20.6. The molecule has 0 fully saturated rings. The quantitative estimate of drug-likeness (QED) is 0.284. The number of fused-ring (bicyclic) bond motifs is 1. The second kappa shape index (κ2) is 9.83. The van der Waals surface area contributed by atoms with Crippen LogP contribution in [0.25, 0.3) is 11.0 Å². The van der Waals surface area contributed by atoms with Gasteiger partial charge in [0.05, 0.1) is 10.6 Å². The molecule has 0 saturated carbocycles. The van der Waals surface area contributed by atoms with Crippen molar-refractivity contribution in [3.8, 4) is 0 Å². The molecular formula is C20H25N5O4. The second-order valence-electron chi connectivity index (χ2n) is 6.78. The lowest BCUT2D eigenvalue weighted by molar-refractivity contribution is -0.382. The molecule has 0 radical (unpaired) electrons. The van der Waals surface area contributed by atoms with E-state index >= 15 is 0 Å². The Morgan fingerprint density at radius 3 is 2.66 bits per heavy atom. The molecule has 2 N–H and O–H groups in total. The van der Waals surface area contributed by atoms with Crippen molar-refractivity contribution < 1.29 is 14.7 Å². The first kappa shape index (κ1) is 20.5. The van der Waals surface area contributed by atoms with Crippen LogP contribution in [0.2, 0.25) is 0 Å². The number of nitro groups is 1. The van der Waals surface area contributed by atoms with Crippen LogP contribution >= 0.6 is 0 Å². The smallest absolute Gasteiger partial charge is 0.323 e. The molecule has 0 saturated heterocycles. The van der Waals surface area contributed by atoms with E-state index in [4.69, 9.17) is 9.74 Å². The molecular weight excluding hydrogens is 374 g/mol. The molecule has 1 aromatic heterocycles. The summed E-state index contributed by atoms with van der Waals surface area (Å²) in [5.74, 6) is 0. The normalized spacial score (nSPS) is 11.0. The van der Waals surface area contributed by atoms with Crippen molar-refractivity contribution in [2.45, 2.75) is 32.7 Å². The van der Waals surface area contributed by atoms with Gasteiger partial charge in [0, 0.05) is 26.2 Å². The van der Waals surface area contributed by atoms with Crippen LogP contribution in [-0.4, -0.2) is 40.0 Å². The van der Waals surface area contributed by atoms with Crippen molar-refractivity contribution >= 4 is 28.1 Å². The molecule has 29 heavy (non-hydrogen) atoms. The topological polar surface area (TPSA) is 118 Å². The molecule has 2 aromatic carbocycles. The summed E-state index contributed by atoms with van der Waals surface area (Å²) in [5.41, 5.74) is 2.52. The Hall–Kier alpha value is -3.20. The van der Waals surface area contributed by atoms with Crippen LogP contribution in [0.15, 0.2) is 41.0 Å². The van der Waals surface area contributed by atoms with E-state index in [1.54, 1.807) is 6.07 Å². The Morgan fingerprint density at radius 2 is 1.97 bits per heavy atom. The predicted molar refractivity (Wildman–Crippen MR) is 111 cm³/mol. The van der Waals surface area contributed by atoms with Gasteiger partial charge >= 0.3 is 5.69 Å². The van der Waals surface area contributed by atoms with Crippen molar-refractivity contribution in [2.75, 3.05) is 29.9 Å². The fraction of sp³-hybridized carbons (Fsp3) is 0.400. The summed E-state index contributed by atoms with van der Waals surface area (Å²) in [5, 5.41) is 31.6. The van der Waals surface area contributed by atoms with Crippen LogP contribution < -0.4 is 10.2 Å². The van der Waals surface area contributed by atoms with Crippen LogP contribution in [0, 0.1) is 10.1 Å². The van der Waals surface area contributed by atoms with Gasteiger partial charge in [-0.3, -0.25) is 10.1 Å². The number of anilines is 2.